The van der Waals surface area contributed by atoms with E-state index in [-0.39, 0.29) is 5.41 Å². The molecule has 0 saturated carbocycles. The SMILES string of the molecule is C=C(C)CC12CCCc3cc(OC)cc(c31)CC2=O. The first-order chi connectivity index (χ1) is 9.06. The minimum Gasteiger partial charge on any atom is -0.497 e. The topological polar surface area (TPSA) is 26.3 Å². The van der Waals surface area contributed by atoms with E-state index in [4.69, 9.17) is 4.74 Å². The smallest absolute Gasteiger partial charge is 0.148 e. The van der Waals surface area contributed by atoms with Crippen LogP contribution in [-0.2, 0) is 23.1 Å². The molecule has 2 heteroatoms. The summed E-state index contributed by atoms with van der Waals surface area (Å²) in [6.45, 7) is 6.06. The molecule has 2 aliphatic carbocycles. The van der Waals surface area contributed by atoms with Crippen molar-refractivity contribution < 1.29 is 9.53 Å². The average molecular weight is 256 g/mol. The second-order valence-electron chi connectivity index (χ2n) is 5.99. The first kappa shape index (κ1) is 12.5. The first-order valence-corrected chi connectivity index (χ1v) is 6.95. The zero-order chi connectivity index (χ0) is 13.6. The Morgan fingerprint density at radius 2 is 2.16 bits per heavy atom. The lowest BCUT2D eigenvalue weighted by Gasteiger charge is -2.35. The van der Waals surface area contributed by atoms with Crippen LogP contribution in [0.3, 0.4) is 0 Å². The fraction of sp³-hybridized carbons (Fsp3) is 0.471. The van der Waals surface area contributed by atoms with Crippen molar-refractivity contribution >= 4 is 5.78 Å². The van der Waals surface area contributed by atoms with E-state index >= 15 is 0 Å². The summed E-state index contributed by atoms with van der Waals surface area (Å²) in [6.07, 6.45) is 4.49. The molecule has 0 saturated heterocycles. The summed E-state index contributed by atoms with van der Waals surface area (Å²) in [6, 6.07) is 4.16. The Kier molecular flexibility index (Phi) is 2.77. The van der Waals surface area contributed by atoms with Gasteiger partial charge in [0, 0.05) is 6.42 Å². The van der Waals surface area contributed by atoms with Crippen LogP contribution in [-0.4, -0.2) is 12.9 Å². The summed E-state index contributed by atoms with van der Waals surface area (Å²) in [4.78, 5) is 12.6. The number of hydrogen-bond donors (Lipinski definition) is 0. The molecule has 0 spiro atoms. The highest BCUT2D eigenvalue weighted by atomic mass is 16.5. The predicted molar refractivity (Wildman–Crippen MR) is 75.8 cm³/mol. The number of Topliss-reactive ketones (excluding diaryl/α,β-unsaturated/α-hetero) is 1. The van der Waals surface area contributed by atoms with E-state index < -0.39 is 0 Å². The van der Waals surface area contributed by atoms with Crippen molar-refractivity contribution in [1.29, 1.82) is 0 Å². The lowest BCUT2D eigenvalue weighted by molar-refractivity contribution is -0.123. The Labute approximate surface area is 114 Å². The third-order valence-corrected chi connectivity index (χ3v) is 4.53. The van der Waals surface area contributed by atoms with E-state index in [1.165, 1.54) is 16.7 Å². The average Bonchev–Trinajstić information content (AvgIpc) is 2.63. The summed E-state index contributed by atoms with van der Waals surface area (Å²) in [5.41, 5.74) is 4.62. The number of allylic oxidation sites excluding steroid dienone is 1. The van der Waals surface area contributed by atoms with Gasteiger partial charge in [0.15, 0.2) is 0 Å². The molecule has 0 radical (unpaired) electrons. The van der Waals surface area contributed by atoms with Crippen LogP contribution in [0.15, 0.2) is 24.3 Å². The zero-order valence-corrected chi connectivity index (χ0v) is 11.7. The summed E-state index contributed by atoms with van der Waals surface area (Å²) in [5.74, 6) is 1.26. The molecule has 1 aromatic rings. The number of benzene rings is 1. The quantitative estimate of drug-likeness (QED) is 0.775. The van der Waals surface area contributed by atoms with Crippen molar-refractivity contribution in [1.82, 2.24) is 0 Å². The lowest BCUT2D eigenvalue weighted by Crippen LogP contribution is -2.35. The molecule has 2 nitrogen and oxygen atoms in total. The largest absolute Gasteiger partial charge is 0.497 e. The van der Waals surface area contributed by atoms with E-state index in [0.717, 1.165) is 37.0 Å². The van der Waals surface area contributed by atoms with Crippen LogP contribution in [0.4, 0.5) is 0 Å². The lowest BCUT2D eigenvalue weighted by atomic mass is 9.67. The van der Waals surface area contributed by atoms with Crippen LogP contribution in [0.2, 0.25) is 0 Å². The van der Waals surface area contributed by atoms with Crippen molar-refractivity contribution in [2.75, 3.05) is 7.11 Å². The van der Waals surface area contributed by atoms with Gasteiger partial charge in [-0.25, -0.2) is 0 Å². The number of rotatable bonds is 3. The normalized spacial score (nSPS) is 24.2. The molecule has 0 heterocycles. The Morgan fingerprint density at radius 1 is 1.42 bits per heavy atom. The molecule has 2 aliphatic rings. The van der Waals surface area contributed by atoms with Crippen molar-refractivity contribution in [3.05, 3.63) is 41.0 Å². The molecule has 1 aromatic carbocycles. The molecule has 0 aromatic heterocycles. The van der Waals surface area contributed by atoms with E-state index in [0.29, 0.717) is 12.2 Å². The Balaban J connectivity index is 2.20. The van der Waals surface area contributed by atoms with Crippen LogP contribution >= 0.6 is 0 Å². The minimum atomic E-state index is -0.277. The van der Waals surface area contributed by atoms with Gasteiger partial charge in [-0.1, -0.05) is 5.57 Å². The van der Waals surface area contributed by atoms with Gasteiger partial charge in [0.05, 0.1) is 12.5 Å². The van der Waals surface area contributed by atoms with Crippen LogP contribution < -0.4 is 4.74 Å². The molecule has 0 aliphatic heterocycles. The Bertz CT molecular complexity index is 571. The maximum atomic E-state index is 12.6. The molecule has 3 rings (SSSR count). The first-order valence-electron chi connectivity index (χ1n) is 6.95. The van der Waals surface area contributed by atoms with Crippen LogP contribution in [0, 0.1) is 0 Å². The summed E-state index contributed by atoms with van der Waals surface area (Å²) in [7, 11) is 1.69. The molecule has 19 heavy (non-hydrogen) atoms. The Morgan fingerprint density at radius 3 is 2.84 bits per heavy atom. The van der Waals surface area contributed by atoms with Crippen LogP contribution in [0.1, 0.15) is 42.9 Å². The number of carbonyl (C=O) groups excluding carboxylic acids is 1. The number of ketones is 1. The van der Waals surface area contributed by atoms with Gasteiger partial charge in [-0.05, 0) is 61.4 Å². The van der Waals surface area contributed by atoms with Gasteiger partial charge in [-0.2, -0.15) is 0 Å². The van der Waals surface area contributed by atoms with Gasteiger partial charge in [-0.15, -0.1) is 6.58 Å². The van der Waals surface area contributed by atoms with E-state index in [2.05, 4.69) is 12.6 Å². The number of carbonyl (C=O) groups is 1. The maximum Gasteiger partial charge on any atom is 0.148 e. The van der Waals surface area contributed by atoms with Crippen molar-refractivity contribution in [3.63, 3.8) is 0 Å². The van der Waals surface area contributed by atoms with Crippen molar-refractivity contribution in [2.45, 2.75) is 44.4 Å². The standard InChI is InChI=1S/C17H20O2/c1-11(2)10-17-6-4-5-12-7-14(19-3)8-13(16(12)17)9-15(17)18/h7-8H,1,4-6,9-10H2,2-3H3. The number of hydrogen-bond acceptors (Lipinski definition) is 2. The van der Waals surface area contributed by atoms with Gasteiger partial charge in [0.25, 0.3) is 0 Å². The molecule has 100 valence electrons. The summed E-state index contributed by atoms with van der Waals surface area (Å²) < 4.78 is 5.36. The fourth-order valence-corrected chi connectivity index (χ4v) is 3.92. The molecular weight excluding hydrogens is 236 g/mol. The van der Waals surface area contributed by atoms with Gasteiger partial charge < -0.3 is 4.74 Å². The summed E-state index contributed by atoms with van der Waals surface area (Å²) >= 11 is 0. The highest BCUT2D eigenvalue weighted by Crippen LogP contribution is 2.50. The molecule has 0 amide bonds. The molecule has 0 fully saturated rings. The third-order valence-electron chi connectivity index (χ3n) is 4.53. The highest BCUT2D eigenvalue weighted by molar-refractivity contribution is 5.98. The second kappa shape index (κ2) is 4.22. The fourth-order valence-electron chi connectivity index (χ4n) is 3.92. The van der Waals surface area contributed by atoms with Gasteiger partial charge in [-0.3, -0.25) is 4.79 Å². The number of aryl methyl sites for hydroxylation is 1. The number of methoxy groups -OCH3 is 1. The maximum absolute atomic E-state index is 12.6. The van der Waals surface area contributed by atoms with E-state index in [1.54, 1.807) is 7.11 Å². The van der Waals surface area contributed by atoms with Crippen molar-refractivity contribution in [2.24, 2.45) is 0 Å². The predicted octanol–water partition coefficient (Wildman–Crippen LogP) is 3.36. The molecular formula is C17H20O2. The molecule has 0 bridgehead atoms. The zero-order valence-electron chi connectivity index (χ0n) is 11.7. The second-order valence-corrected chi connectivity index (χ2v) is 5.99. The monoisotopic (exact) mass is 256 g/mol. The van der Waals surface area contributed by atoms with Gasteiger partial charge in [0.1, 0.15) is 11.5 Å². The minimum absolute atomic E-state index is 0.277. The van der Waals surface area contributed by atoms with Crippen molar-refractivity contribution in [3.8, 4) is 5.75 Å². The molecule has 1 atom stereocenters. The van der Waals surface area contributed by atoms with E-state index in [9.17, 15) is 4.79 Å². The van der Waals surface area contributed by atoms with Crippen LogP contribution in [0.25, 0.3) is 0 Å². The molecule has 0 N–H and O–H groups in total. The van der Waals surface area contributed by atoms with E-state index in [1.807, 2.05) is 13.0 Å². The highest BCUT2D eigenvalue weighted by Gasteiger charge is 2.48. The third kappa shape index (κ3) is 1.73. The van der Waals surface area contributed by atoms with Gasteiger partial charge >= 0.3 is 0 Å². The number of ether oxygens (including phenoxy) is 1. The van der Waals surface area contributed by atoms with Gasteiger partial charge in [0.2, 0.25) is 0 Å². The Hall–Kier alpha value is -1.57. The molecule has 1 unspecified atom stereocenters. The summed E-state index contributed by atoms with van der Waals surface area (Å²) in [5, 5.41) is 0. The van der Waals surface area contributed by atoms with Crippen LogP contribution in [0.5, 0.6) is 5.75 Å².